The van der Waals surface area contributed by atoms with Gasteiger partial charge in [0.25, 0.3) is 0 Å². The van der Waals surface area contributed by atoms with Crippen molar-refractivity contribution in [2.45, 2.75) is 45.4 Å². The van der Waals surface area contributed by atoms with Crippen molar-refractivity contribution in [2.24, 2.45) is 0 Å². The van der Waals surface area contributed by atoms with Crippen LogP contribution < -0.4 is 35.1 Å². The Kier molecular flexibility index (Phi) is 10.7. The maximum absolute atomic E-state index is 10.3. The minimum atomic E-state index is -0.489. The molecule has 0 spiro atoms. The van der Waals surface area contributed by atoms with Gasteiger partial charge in [-0.15, -0.1) is 0 Å². The molecule has 0 saturated carbocycles. The Morgan fingerprint density at radius 3 is 2.29 bits per heavy atom. The number of H-pyrrole nitrogens is 1. The van der Waals surface area contributed by atoms with Crippen molar-refractivity contribution < 1.29 is 45.3 Å². The van der Waals surface area contributed by atoms with Gasteiger partial charge in [-0.25, -0.2) is 4.98 Å². The van der Waals surface area contributed by atoms with Gasteiger partial charge >= 0.3 is 0 Å². The normalized spacial score (nSPS) is 14.2. The molecular formula is C17H26Cl2N2O2S. The van der Waals surface area contributed by atoms with Crippen molar-refractivity contribution in [3.8, 4) is 0 Å². The Labute approximate surface area is 160 Å². The Balaban J connectivity index is 0.00000264. The molecule has 0 aliphatic carbocycles. The van der Waals surface area contributed by atoms with Gasteiger partial charge in [0.05, 0.1) is 12.6 Å². The summed E-state index contributed by atoms with van der Waals surface area (Å²) in [6, 6.07) is 9.77. The van der Waals surface area contributed by atoms with Crippen LogP contribution in [0.4, 0.5) is 0 Å². The van der Waals surface area contributed by atoms with E-state index in [1.807, 2.05) is 51.1 Å². The number of hydrogen-bond donors (Lipinski definition) is 3. The van der Waals surface area contributed by atoms with Gasteiger partial charge in [-0.05, 0) is 12.5 Å². The molecule has 4 nitrogen and oxygen atoms in total. The number of aliphatic hydroxyl groups excluding tert-OH is 2. The maximum Gasteiger partial charge on any atom is 0.232 e. The zero-order valence-electron chi connectivity index (χ0n) is 14.2. The molecule has 1 aromatic carbocycles. The van der Waals surface area contributed by atoms with E-state index in [0.29, 0.717) is 6.42 Å². The molecule has 1 heterocycles. The summed E-state index contributed by atoms with van der Waals surface area (Å²) >= 11 is 1.62. The van der Waals surface area contributed by atoms with Crippen LogP contribution in [-0.2, 0) is 0 Å². The standard InChI is InChI=1S/C17H24N2O2S.2ClH/c1-11(16(21)14-7-5-4-6-8-14)18-10-9-15(20)17-12(2)19-13(3)22-17;;/h4-8,11,15-16,18,20-21H,9-10H2,1-3H3;2*1H. The third-order valence-corrected chi connectivity index (χ3v) is 5.12. The van der Waals surface area contributed by atoms with Crippen LogP contribution in [0.2, 0.25) is 0 Å². The summed E-state index contributed by atoms with van der Waals surface area (Å²) in [7, 11) is 0. The molecule has 0 amide bonds. The number of nitrogens with two attached hydrogens (primary N) is 1. The molecule has 5 N–H and O–H groups in total. The van der Waals surface area contributed by atoms with E-state index in [2.05, 4.69) is 10.3 Å². The van der Waals surface area contributed by atoms with E-state index < -0.39 is 12.2 Å². The number of aromatic nitrogens is 1. The van der Waals surface area contributed by atoms with E-state index in [-0.39, 0.29) is 30.9 Å². The van der Waals surface area contributed by atoms with E-state index in [4.69, 9.17) is 0 Å². The molecule has 0 saturated heterocycles. The Hall–Kier alpha value is -0.690. The predicted molar refractivity (Wildman–Crippen MR) is 87.6 cm³/mol. The average molecular weight is 393 g/mol. The number of aryl methyl sites for hydroxylation is 2. The van der Waals surface area contributed by atoms with Crippen LogP contribution in [0.25, 0.3) is 0 Å². The molecule has 7 heteroatoms. The largest absolute Gasteiger partial charge is 1.00 e. The van der Waals surface area contributed by atoms with Gasteiger partial charge in [-0.1, -0.05) is 41.7 Å². The van der Waals surface area contributed by atoms with Crippen molar-refractivity contribution in [1.29, 1.82) is 0 Å². The smallest absolute Gasteiger partial charge is 0.232 e. The number of hydrogen-bond acceptors (Lipinski definition) is 3. The van der Waals surface area contributed by atoms with Gasteiger partial charge in [0.15, 0.2) is 5.69 Å². The van der Waals surface area contributed by atoms with Crippen LogP contribution >= 0.6 is 11.3 Å². The number of aliphatic hydroxyl groups is 2. The SMILES string of the molecule is Cc1[nH+]c(C)c(C(O)CC[NH2+]C(C)C(O)c2ccccc2)s1.[Cl-].[Cl-]. The van der Waals surface area contributed by atoms with E-state index in [0.717, 1.165) is 27.7 Å². The summed E-state index contributed by atoms with van der Waals surface area (Å²) in [5.41, 5.74) is 1.98. The first kappa shape index (κ1) is 23.3. The van der Waals surface area contributed by atoms with E-state index >= 15 is 0 Å². The fraction of sp³-hybridized carbons (Fsp3) is 0.471. The summed E-state index contributed by atoms with van der Waals surface area (Å²) in [4.78, 5) is 4.25. The second kappa shape index (κ2) is 11.0. The van der Waals surface area contributed by atoms with Crippen molar-refractivity contribution in [2.75, 3.05) is 6.54 Å². The number of thiazole rings is 1. The molecule has 0 radical (unpaired) electrons. The van der Waals surface area contributed by atoms with E-state index in [1.54, 1.807) is 11.3 Å². The Morgan fingerprint density at radius 1 is 1.12 bits per heavy atom. The first-order chi connectivity index (χ1) is 10.5. The van der Waals surface area contributed by atoms with Crippen molar-refractivity contribution in [1.82, 2.24) is 0 Å². The summed E-state index contributed by atoms with van der Waals surface area (Å²) in [6.45, 7) is 6.80. The number of benzene rings is 1. The van der Waals surface area contributed by atoms with Crippen LogP contribution in [-0.4, -0.2) is 22.8 Å². The molecule has 24 heavy (non-hydrogen) atoms. The van der Waals surface area contributed by atoms with Crippen molar-refractivity contribution >= 4 is 11.3 Å². The third kappa shape index (κ3) is 6.31. The van der Waals surface area contributed by atoms with Crippen LogP contribution in [0.5, 0.6) is 0 Å². The van der Waals surface area contributed by atoms with Gasteiger partial charge < -0.3 is 40.3 Å². The summed E-state index contributed by atoms with van der Waals surface area (Å²) in [5.74, 6) is 0. The molecular weight excluding hydrogens is 367 g/mol. The highest BCUT2D eigenvalue weighted by atomic mass is 35.5. The monoisotopic (exact) mass is 392 g/mol. The second-order valence-corrected chi connectivity index (χ2v) is 7.07. The van der Waals surface area contributed by atoms with Crippen LogP contribution in [0.3, 0.4) is 0 Å². The van der Waals surface area contributed by atoms with Gasteiger partial charge in [0.2, 0.25) is 5.01 Å². The first-order valence-corrected chi connectivity index (χ1v) is 8.54. The highest BCUT2D eigenvalue weighted by molar-refractivity contribution is 7.11. The van der Waals surface area contributed by atoms with Crippen LogP contribution in [0.15, 0.2) is 30.3 Å². The molecule has 0 aliphatic heterocycles. The molecule has 3 unspecified atom stereocenters. The van der Waals surface area contributed by atoms with Crippen molar-refractivity contribution in [3.05, 3.63) is 51.5 Å². The molecule has 2 rings (SSSR count). The lowest BCUT2D eigenvalue weighted by Gasteiger charge is -2.18. The highest BCUT2D eigenvalue weighted by Crippen LogP contribution is 2.23. The molecule has 0 bridgehead atoms. The summed E-state index contributed by atoms with van der Waals surface area (Å²) < 4.78 is 0. The molecule has 136 valence electrons. The van der Waals surface area contributed by atoms with Crippen LogP contribution in [0, 0.1) is 13.8 Å². The maximum atomic E-state index is 10.3. The lowest BCUT2D eigenvalue weighted by molar-refractivity contribution is -0.695. The minimum Gasteiger partial charge on any atom is -1.00 e. The van der Waals surface area contributed by atoms with Crippen LogP contribution in [0.1, 0.15) is 46.7 Å². The fourth-order valence-electron chi connectivity index (χ4n) is 2.64. The topological polar surface area (TPSA) is 71.2 Å². The molecule has 0 aliphatic rings. The number of aromatic amines is 1. The molecule has 0 fully saturated rings. The van der Waals surface area contributed by atoms with E-state index in [9.17, 15) is 10.2 Å². The first-order valence-electron chi connectivity index (χ1n) is 7.72. The number of rotatable bonds is 7. The zero-order valence-corrected chi connectivity index (χ0v) is 16.5. The fourth-order valence-corrected chi connectivity index (χ4v) is 3.63. The lowest BCUT2D eigenvalue weighted by Crippen LogP contribution is -3.00. The third-order valence-electron chi connectivity index (χ3n) is 3.92. The Morgan fingerprint density at radius 2 is 1.75 bits per heavy atom. The van der Waals surface area contributed by atoms with Gasteiger partial charge in [-0.2, -0.15) is 0 Å². The quantitative estimate of drug-likeness (QED) is 0.443. The Bertz CT molecular complexity index is 596. The highest BCUT2D eigenvalue weighted by Gasteiger charge is 2.22. The summed E-state index contributed by atoms with van der Waals surface area (Å²) in [5, 5.41) is 23.8. The van der Waals surface area contributed by atoms with E-state index in [1.165, 1.54) is 0 Å². The number of nitrogens with one attached hydrogen (secondary N) is 1. The number of quaternary nitrogens is 1. The molecule has 1 aromatic heterocycles. The lowest BCUT2D eigenvalue weighted by atomic mass is 10.0. The van der Waals surface area contributed by atoms with Gasteiger partial charge in [-0.3, -0.25) is 0 Å². The number of halogens is 2. The second-order valence-electron chi connectivity index (χ2n) is 5.82. The minimum absolute atomic E-state index is 0. The molecule has 3 atom stereocenters. The average Bonchev–Trinajstić information content (AvgIpc) is 2.86. The summed E-state index contributed by atoms with van der Waals surface area (Å²) in [6.07, 6.45) is -0.245. The molecule has 2 aromatic rings. The predicted octanol–water partition coefficient (Wildman–Crippen LogP) is -4.70. The van der Waals surface area contributed by atoms with Gasteiger partial charge in [0, 0.05) is 20.3 Å². The van der Waals surface area contributed by atoms with Crippen molar-refractivity contribution in [3.63, 3.8) is 0 Å². The van der Waals surface area contributed by atoms with Gasteiger partial charge in [0.1, 0.15) is 17.0 Å². The zero-order chi connectivity index (χ0) is 16.1.